The van der Waals surface area contributed by atoms with E-state index in [1.54, 1.807) is 25.2 Å². The first-order chi connectivity index (χ1) is 5.95. The Hall–Kier alpha value is -0.760. The van der Waals surface area contributed by atoms with E-state index in [-0.39, 0.29) is 0 Å². The summed E-state index contributed by atoms with van der Waals surface area (Å²) in [5.41, 5.74) is 0.0711. The Kier molecular flexibility index (Phi) is 2.81. The lowest BCUT2D eigenvalue weighted by atomic mass is 10.0. The number of hydrogen-bond donors (Lipinski definition) is 1. The zero-order valence-corrected chi connectivity index (χ0v) is 8.74. The van der Waals surface area contributed by atoms with E-state index in [2.05, 4.69) is 5.32 Å². The second kappa shape index (κ2) is 3.54. The van der Waals surface area contributed by atoms with Crippen molar-refractivity contribution in [1.82, 2.24) is 0 Å². The van der Waals surface area contributed by atoms with E-state index in [1.807, 2.05) is 0 Å². The normalized spacial score (nSPS) is 11.5. The summed E-state index contributed by atoms with van der Waals surface area (Å²) in [4.78, 5) is 0. The average Bonchev–Trinajstić information content (AvgIpc) is 2.02. The highest BCUT2D eigenvalue weighted by Crippen LogP contribution is 2.30. The fourth-order valence-corrected chi connectivity index (χ4v) is 1.36. The zero-order chi connectivity index (χ0) is 10.1. The summed E-state index contributed by atoms with van der Waals surface area (Å²) >= 11 is 5.91. The SMILES string of the molecule is CNc1ccc(C(C)(C)F)cc1Cl. The van der Waals surface area contributed by atoms with Crippen molar-refractivity contribution in [3.8, 4) is 0 Å². The van der Waals surface area contributed by atoms with Crippen LogP contribution in [0, 0.1) is 0 Å². The molecule has 3 heteroatoms. The van der Waals surface area contributed by atoms with Gasteiger partial charge in [0.15, 0.2) is 0 Å². The molecule has 0 aliphatic carbocycles. The summed E-state index contributed by atoms with van der Waals surface area (Å²) in [5.74, 6) is 0. The van der Waals surface area contributed by atoms with E-state index in [1.165, 1.54) is 13.8 Å². The predicted molar refractivity (Wildman–Crippen MR) is 55.1 cm³/mol. The maximum absolute atomic E-state index is 13.5. The molecule has 13 heavy (non-hydrogen) atoms. The molecule has 1 rings (SSSR count). The third-order valence-corrected chi connectivity index (χ3v) is 2.24. The van der Waals surface area contributed by atoms with E-state index in [0.29, 0.717) is 10.6 Å². The summed E-state index contributed by atoms with van der Waals surface area (Å²) in [6.45, 7) is 3.02. The van der Waals surface area contributed by atoms with Crippen molar-refractivity contribution in [2.24, 2.45) is 0 Å². The first kappa shape index (κ1) is 10.3. The molecule has 0 saturated carbocycles. The van der Waals surface area contributed by atoms with Crippen LogP contribution in [0.4, 0.5) is 10.1 Å². The van der Waals surface area contributed by atoms with Gasteiger partial charge in [-0.05, 0) is 31.5 Å². The number of halogens is 2. The lowest BCUT2D eigenvalue weighted by Gasteiger charge is -2.15. The summed E-state index contributed by atoms with van der Waals surface area (Å²) in [6, 6.07) is 5.16. The van der Waals surface area contributed by atoms with Gasteiger partial charge in [0, 0.05) is 7.05 Å². The highest BCUT2D eigenvalue weighted by Gasteiger charge is 2.19. The molecule has 0 aromatic heterocycles. The quantitative estimate of drug-likeness (QED) is 0.771. The molecule has 0 radical (unpaired) electrons. The molecule has 0 bridgehead atoms. The molecule has 0 aliphatic heterocycles. The molecule has 0 fully saturated rings. The lowest BCUT2D eigenvalue weighted by molar-refractivity contribution is 0.221. The highest BCUT2D eigenvalue weighted by atomic mass is 35.5. The Morgan fingerprint density at radius 2 is 2.00 bits per heavy atom. The van der Waals surface area contributed by atoms with Crippen LogP contribution in [-0.2, 0) is 5.67 Å². The topological polar surface area (TPSA) is 12.0 Å². The maximum Gasteiger partial charge on any atom is 0.130 e. The molecule has 0 saturated heterocycles. The van der Waals surface area contributed by atoms with Gasteiger partial charge in [-0.3, -0.25) is 0 Å². The Balaban J connectivity index is 3.10. The van der Waals surface area contributed by atoms with Crippen LogP contribution in [0.1, 0.15) is 19.4 Å². The number of alkyl halides is 1. The van der Waals surface area contributed by atoms with Gasteiger partial charge in [-0.1, -0.05) is 17.7 Å². The van der Waals surface area contributed by atoms with E-state index in [9.17, 15) is 4.39 Å². The van der Waals surface area contributed by atoms with Gasteiger partial charge in [0.1, 0.15) is 5.67 Å². The summed E-state index contributed by atoms with van der Waals surface area (Å²) < 4.78 is 13.5. The fourth-order valence-electron chi connectivity index (χ4n) is 1.09. The molecule has 0 amide bonds. The van der Waals surface area contributed by atoms with Crippen molar-refractivity contribution in [1.29, 1.82) is 0 Å². The van der Waals surface area contributed by atoms with E-state index < -0.39 is 5.67 Å². The Morgan fingerprint density at radius 1 is 1.38 bits per heavy atom. The van der Waals surface area contributed by atoms with Crippen LogP contribution in [0.25, 0.3) is 0 Å². The number of rotatable bonds is 2. The van der Waals surface area contributed by atoms with E-state index in [4.69, 9.17) is 11.6 Å². The number of nitrogens with one attached hydrogen (secondary N) is 1. The first-order valence-corrected chi connectivity index (χ1v) is 4.49. The monoisotopic (exact) mass is 201 g/mol. The zero-order valence-electron chi connectivity index (χ0n) is 7.99. The standard InChI is InChI=1S/C10H13ClFN/c1-10(2,12)7-4-5-9(13-3)8(11)6-7/h4-6,13H,1-3H3. The first-order valence-electron chi connectivity index (χ1n) is 4.12. The van der Waals surface area contributed by atoms with E-state index >= 15 is 0 Å². The summed E-state index contributed by atoms with van der Waals surface area (Å²) in [6.07, 6.45) is 0. The molecule has 0 heterocycles. The van der Waals surface area contributed by atoms with Gasteiger partial charge < -0.3 is 5.32 Å². The molecule has 1 aromatic carbocycles. The van der Waals surface area contributed by atoms with Crippen molar-refractivity contribution >= 4 is 17.3 Å². The molecule has 0 atom stereocenters. The summed E-state index contributed by atoms with van der Waals surface area (Å²) in [5, 5.41) is 3.47. The van der Waals surface area contributed by atoms with Crippen LogP contribution < -0.4 is 5.32 Å². The molecule has 1 aromatic rings. The average molecular weight is 202 g/mol. The minimum atomic E-state index is -1.34. The molecule has 1 N–H and O–H groups in total. The molecule has 72 valence electrons. The van der Waals surface area contributed by atoms with Gasteiger partial charge in [0.2, 0.25) is 0 Å². The van der Waals surface area contributed by atoms with Crippen LogP contribution >= 0.6 is 11.6 Å². The third-order valence-electron chi connectivity index (χ3n) is 1.92. The van der Waals surface area contributed by atoms with Crippen LogP contribution in [0.15, 0.2) is 18.2 Å². The van der Waals surface area contributed by atoms with Crippen molar-refractivity contribution in [2.75, 3.05) is 12.4 Å². The lowest BCUT2D eigenvalue weighted by Crippen LogP contribution is -2.08. The van der Waals surface area contributed by atoms with Crippen LogP contribution in [0.2, 0.25) is 5.02 Å². The maximum atomic E-state index is 13.5. The van der Waals surface area contributed by atoms with Gasteiger partial charge in [0.25, 0.3) is 0 Å². The van der Waals surface area contributed by atoms with Gasteiger partial charge in [-0.2, -0.15) is 0 Å². The minimum absolute atomic E-state index is 0.547. The number of anilines is 1. The van der Waals surface area contributed by atoms with Crippen molar-refractivity contribution < 1.29 is 4.39 Å². The van der Waals surface area contributed by atoms with Gasteiger partial charge in [-0.25, -0.2) is 4.39 Å². The second-order valence-electron chi connectivity index (χ2n) is 3.42. The molecule has 0 unspecified atom stereocenters. The molecule has 1 nitrogen and oxygen atoms in total. The molecular weight excluding hydrogens is 189 g/mol. The molecule has 0 spiro atoms. The van der Waals surface area contributed by atoms with Crippen molar-refractivity contribution in [3.63, 3.8) is 0 Å². The number of benzene rings is 1. The minimum Gasteiger partial charge on any atom is -0.387 e. The van der Waals surface area contributed by atoms with Gasteiger partial charge in [0.05, 0.1) is 10.7 Å². The van der Waals surface area contributed by atoms with Crippen molar-refractivity contribution in [3.05, 3.63) is 28.8 Å². The Morgan fingerprint density at radius 3 is 2.38 bits per heavy atom. The Bertz CT molecular complexity index is 304. The second-order valence-corrected chi connectivity index (χ2v) is 3.82. The summed E-state index contributed by atoms with van der Waals surface area (Å²) in [7, 11) is 1.78. The third kappa shape index (κ3) is 2.34. The van der Waals surface area contributed by atoms with Crippen LogP contribution in [0.5, 0.6) is 0 Å². The molecule has 0 aliphatic rings. The largest absolute Gasteiger partial charge is 0.387 e. The van der Waals surface area contributed by atoms with Crippen LogP contribution in [0.3, 0.4) is 0 Å². The van der Waals surface area contributed by atoms with Crippen molar-refractivity contribution in [2.45, 2.75) is 19.5 Å². The number of hydrogen-bond acceptors (Lipinski definition) is 1. The van der Waals surface area contributed by atoms with E-state index in [0.717, 1.165) is 5.69 Å². The fraction of sp³-hybridized carbons (Fsp3) is 0.400. The smallest absolute Gasteiger partial charge is 0.130 e. The van der Waals surface area contributed by atoms with Gasteiger partial charge in [-0.15, -0.1) is 0 Å². The van der Waals surface area contributed by atoms with Gasteiger partial charge >= 0.3 is 0 Å². The highest BCUT2D eigenvalue weighted by molar-refractivity contribution is 6.33. The van der Waals surface area contributed by atoms with Crippen LogP contribution in [-0.4, -0.2) is 7.05 Å². The Labute approximate surface area is 82.9 Å². The molecular formula is C10H13ClFN. The predicted octanol–water partition coefficient (Wildman–Crippen LogP) is 3.59.